The number of carbonyl (C=O) groups excluding carboxylic acids is 1. The van der Waals surface area contributed by atoms with E-state index in [4.69, 9.17) is 39.5 Å². The second kappa shape index (κ2) is 9.64. The van der Waals surface area contributed by atoms with E-state index in [0.29, 0.717) is 46.9 Å². The van der Waals surface area contributed by atoms with E-state index in [1.54, 1.807) is 23.1 Å². The Morgan fingerprint density at radius 2 is 1.66 bits per heavy atom. The Hall–Kier alpha value is -1.35. The lowest BCUT2D eigenvalue weighted by molar-refractivity contribution is -0.135. The van der Waals surface area contributed by atoms with Crippen LogP contribution in [0.5, 0.6) is 0 Å². The van der Waals surface area contributed by atoms with Gasteiger partial charge < -0.3 is 9.64 Å². The average Bonchev–Trinajstić information content (AvgIpc) is 2.71. The lowest BCUT2D eigenvalue weighted by Crippen LogP contribution is -2.46. The molecular weight excluding hydrogens is 459 g/mol. The number of amides is 1. The fraction of sp³-hybridized carbons (Fsp3) is 0.316. The van der Waals surface area contributed by atoms with E-state index in [9.17, 15) is 13.2 Å². The van der Waals surface area contributed by atoms with Crippen molar-refractivity contribution < 1.29 is 17.9 Å². The topological polar surface area (TPSA) is 66.9 Å². The van der Waals surface area contributed by atoms with Crippen LogP contribution in [-0.2, 0) is 26.1 Å². The summed E-state index contributed by atoms with van der Waals surface area (Å²) < 4.78 is 32.9. The molecule has 1 amide bonds. The maximum absolute atomic E-state index is 13.2. The third-order valence-corrected chi connectivity index (χ3v) is 7.27. The summed E-state index contributed by atoms with van der Waals surface area (Å²) in [6.45, 7) is 1.40. The molecule has 10 heteroatoms. The van der Waals surface area contributed by atoms with Crippen molar-refractivity contribution in [3.8, 4) is 0 Å². The van der Waals surface area contributed by atoms with Crippen molar-refractivity contribution in [2.45, 2.75) is 11.4 Å². The van der Waals surface area contributed by atoms with Gasteiger partial charge in [0.15, 0.2) is 0 Å². The zero-order chi connectivity index (χ0) is 21.0. The zero-order valence-corrected chi connectivity index (χ0v) is 18.4. The van der Waals surface area contributed by atoms with Crippen LogP contribution in [0.3, 0.4) is 0 Å². The van der Waals surface area contributed by atoms with E-state index < -0.39 is 10.0 Å². The van der Waals surface area contributed by atoms with E-state index in [0.717, 1.165) is 4.31 Å². The third kappa shape index (κ3) is 5.63. The highest BCUT2D eigenvalue weighted by Gasteiger charge is 2.29. The molecule has 0 unspecified atom stereocenters. The van der Waals surface area contributed by atoms with Gasteiger partial charge in [0, 0.05) is 24.7 Å². The monoisotopic (exact) mass is 476 g/mol. The van der Waals surface area contributed by atoms with E-state index in [2.05, 4.69) is 0 Å². The van der Waals surface area contributed by atoms with Gasteiger partial charge in [0.1, 0.15) is 0 Å². The van der Waals surface area contributed by atoms with Gasteiger partial charge in [0.2, 0.25) is 15.9 Å². The SMILES string of the molecule is O=C(CN(Cc1ccc(Cl)c(Cl)c1)S(=O)(=O)c1ccc(Cl)cc1)N1CCOCC1. The minimum atomic E-state index is -3.95. The summed E-state index contributed by atoms with van der Waals surface area (Å²) in [6.07, 6.45) is 0. The average molecular weight is 478 g/mol. The number of morpholine rings is 1. The van der Waals surface area contributed by atoms with Gasteiger partial charge in [-0.15, -0.1) is 0 Å². The van der Waals surface area contributed by atoms with Crippen LogP contribution in [0.2, 0.25) is 15.1 Å². The van der Waals surface area contributed by atoms with Crippen molar-refractivity contribution in [1.29, 1.82) is 0 Å². The fourth-order valence-corrected chi connectivity index (χ4v) is 4.71. The molecular formula is C19H19Cl3N2O4S. The summed E-state index contributed by atoms with van der Waals surface area (Å²) in [6, 6.07) is 10.7. The summed E-state index contributed by atoms with van der Waals surface area (Å²) in [5, 5.41) is 1.10. The molecule has 3 rings (SSSR count). The van der Waals surface area contributed by atoms with Crippen LogP contribution in [0.15, 0.2) is 47.4 Å². The highest BCUT2D eigenvalue weighted by Crippen LogP contribution is 2.25. The summed E-state index contributed by atoms with van der Waals surface area (Å²) in [4.78, 5) is 14.4. The first-order chi connectivity index (χ1) is 13.8. The number of nitrogens with zero attached hydrogens (tertiary/aromatic N) is 2. The van der Waals surface area contributed by atoms with Crippen LogP contribution in [0.25, 0.3) is 0 Å². The molecule has 1 saturated heterocycles. The number of carbonyl (C=O) groups is 1. The molecule has 156 valence electrons. The van der Waals surface area contributed by atoms with Gasteiger partial charge in [-0.05, 0) is 42.0 Å². The van der Waals surface area contributed by atoms with Gasteiger partial charge in [0.05, 0.1) is 34.7 Å². The molecule has 0 aliphatic carbocycles. The van der Waals surface area contributed by atoms with Crippen molar-refractivity contribution in [1.82, 2.24) is 9.21 Å². The highest BCUT2D eigenvalue weighted by molar-refractivity contribution is 7.89. The largest absolute Gasteiger partial charge is 0.378 e. The Bertz CT molecular complexity index is 977. The lowest BCUT2D eigenvalue weighted by Gasteiger charge is -2.29. The van der Waals surface area contributed by atoms with E-state index in [1.165, 1.54) is 24.3 Å². The minimum Gasteiger partial charge on any atom is -0.378 e. The molecule has 2 aromatic rings. The van der Waals surface area contributed by atoms with E-state index >= 15 is 0 Å². The number of hydrogen-bond donors (Lipinski definition) is 0. The van der Waals surface area contributed by atoms with Gasteiger partial charge in [-0.3, -0.25) is 4.79 Å². The van der Waals surface area contributed by atoms with E-state index in [-0.39, 0.29) is 23.9 Å². The molecule has 1 heterocycles. The molecule has 6 nitrogen and oxygen atoms in total. The zero-order valence-electron chi connectivity index (χ0n) is 15.4. The molecule has 1 aliphatic heterocycles. The summed E-state index contributed by atoms with van der Waals surface area (Å²) >= 11 is 17.9. The maximum Gasteiger partial charge on any atom is 0.243 e. The van der Waals surface area contributed by atoms with Crippen LogP contribution >= 0.6 is 34.8 Å². The number of benzene rings is 2. The van der Waals surface area contributed by atoms with E-state index in [1.807, 2.05) is 0 Å². The maximum atomic E-state index is 13.2. The molecule has 0 aromatic heterocycles. The van der Waals surface area contributed by atoms with Crippen LogP contribution < -0.4 is 0 Å². The van der Waals surface area contributed by atoms with Crippen LogP contribution in [0, 0.1) is 0 Å². The van der Waals surface area contributed by atoms with Gasteiger partial charge in [-0.1, -0.05) is 40.9 Å². The first kappa shape index (κ1) is 22.3. The first-order valence-corrected chi connectivity index (χ1v) is 11.4. The molecule has 0 radical (unpaired) electrons. The molecule has 0 N–H and O–H groups in total. The molecule has 0 saturated carbocycles. The second-order valence-electron chi connectivity index (χ2n) is 6.47. The summed E-state index contributed by atoms with van der Waals surface area (Å²) in [7, 11) is -3.95. The Kier molecular flexibility index (Phi) is 7.42. The molecule has 0 bridgehead atoms. The van der Waals surface area contributed by atoms with Crippen molar-refractivity contribution in [2.24, 2.45) is 0 Å². The van der Waals surface area contributed by atoms with Gasteiger partial charge >= 0.3 is 0 Å². The number of halogens is 3. The smallest absolute Gasteiger partial charge is 0.243 e. The predicted octanol–water partition coefficient (Wildman–Crippen LogP) is 3.70. The number of sulfonamides is 1. The quantitative estimate of drug-likeness (QED) is 0.636. The van der Waals surface area contributed by atoms with Crippen LogP contribution in [0.4, 0.5) is 0 Å². The standard InChI is InChI=1S/C19H19Cl3N2O4S/c20-15-2-4-16(5-3-15)29(26,27)24(12-14-1-6-17(21)18(22)11-14)13-19(25)23-7-9-28-10-8-23/h1-6,11H,7-10,12-13H2. The third-order valence-electron chi connectivity index (χ3n) is 4.47. The lowest BCUT2D eigenvalue weighted by atomic mass is 10.2. The molecule has 2 aromatic carbocycles. The van der Waals surface area contributed by atoms with Crippen molar-refractivity contribution in [2.75, 3.05) is 32.8 Å². The molecule has 0 spiro atoms. The highest BCUT2D eigenvalue weighted by atomic mass is 35.5. The Balaban J connectivity index is 1.90. The molecule has 1 aliphatic rings. The normalized spacial score (nSPS) is 15.0. The van der Waals surface area contributed by atoms with Gasteiger partial charge in [0.25, 0.3) is 0 Å². The van der Waals surface area contributed by atoms with Crippen molar-refractivity contribution >= 4 is 50.7 Å². The molecule has 1 fully saturated rings. The Morgan fingerprint density at radius 1 is 1.00 bits per heavy atom. The number of ether oxygens (including phenoxy) is 1. The van der Waals surface area contributed by atoms with Crippen LogP contribution in [-0.4, -0.2) is 56.4 Å². The minimum absolute atomic E-state index is 0.0298. The number of rotatable bonds is 6. The van der Waals surface area contributed by atoms with Gasteiger partial charge in [-0.2, -0.15) is 4.31 Å². The molecule has 29 heavy (non-hydrogen) atoms. The Labute approximate surface area is 185 Å². The van der Waals surface area contributed by atoms with Gasteiger partial charge in [-0.25, -0.2) is 8.42 Å². The summed E-state index contributed by atoms with van der Waals surface area (Å²) in [5.41, 5.74) is 0.617. The van der Waals surface area contributed by atoms with Crippen molar-refractivity contribution in [3.05, 3.63) is 63.1 Å². The predicted molar refractivity (Wildman–Crippen MR) is 113 cm³/mol. The fourth-order valence-electron chi connectivity index (χ4n) is 2.89. The first-order valence-electron chi connectivity index (χ1n) is 8.82. The van der Waals surface area contributed by atoms with Crippen molar-refractivity contribution in [3.63, 3.8) is 0 Å². The second-order valence-corrected chi connectivity index (χ2v) is 9.66. The number of hydrogen-bond acceptors (Lipinski definition) is 4. The summed E-state index contributed by atoms with van der Waals surface area (Å²) in [5.74, 6) is -0.286. The Morgan fingerprint density at radius 3 is 2.28 bits per heavy atom. The molecule has 0 atom stereocenters. The van der Waals surface area contributed by atoms with Crippen LogP contribution in [0.1, 0.15) is 5.56 Å².